The number of likely N-dealkylation sites (tertiary alicyclic amines) is 1. The molecule has 172 valence electrons. The van der Waals surface area contributed by atoms with Crippen molar-refractivity contribution >= 4 is 61.0 Å². The van der Waals surface area contributed by atoms with Crippen molar-refractivity contribution in [2.24, 2.45) is 11.8 Å². The Morgan fingerprint density at radius 2 is 1.82 bits per heavy atom. The Labute approximate surface area is 208 Å². The first-order chi connectivity index (χ1) is 15.8. The van der Waals surface area contributed by atoms with Crippen LogP contribution in [0.5, 0.6) is 0 Å². The number of pyridine rings is 1. The van der Waals surface area contributed by atoms with Gasteiger partial charge >= 0.3 is 6.03 Å². The molecular formula is C23H23Br2N5O3. The van der Waals surface area contributed by atoms with E-state index in [1.54, 1.807) is 30.6 Å². The highest BCUT2D eigenvalue weighted by atomic mass is 79.9. The Balaban J connectivity index is 1.17. The van der Waals surface area contributed by atoms with Crippen molar-refractivity contribution in [2.45, 2.75) is 31.8 Å². The van der Waals surface area contributed by atoms with Crippen LogP contribution in [-0.4, -0.2) is 51.6 Å². The van der Waals surface area contributed by atoms with Gasteiger partial charge in [-0.1, -0.05) is 0 Å². The second-order valence-electron chi connectivity index (χ2n) is 8.81. The van der Waals surface area contributed by atoms with E-state index in [-0.39, 0.29) is 35.6 Å². The van der Waals surface area contributed by atoms with Crippen molar-refractivity contribution in [1.82, 2.24) is 14.8 Å². The first-order valence-corrected chi connectivity index (χ1v) is 12.5. The molecule has 2 unspecified atom stereocenters. The molecule has 3 N–H and O–H groups in total. The van der Waals surface area contributed by atoms with Crippen molar-refractivity contribution in [3.63, 3.8) is 0 Å². The van der Waals surface area contributed by atoms with Crippen molar-refractivity contribution in [2.75, 3.05) is 24.1 Å². The second-order valence-corrected chi connectivity index (χ2v) is 10.5. The molecule has 33 heavy (non-hydrogen) atoms. The minimum atomic E-state index is -0.283. The number of fused-ring (bicyclic) bond motifs is 1. The average Bonchev–Trinajstić information content (AvgIpc) is 3.62. The van der Waals surface area contributed by atoms with Gasteiger partial charge in [-0.15, -0.1) is 0 Å². The molecule has 3 amide bonds. The van der Waals surface area contributed by atoms with Crippen molar-refractivity contribution in [1.29, 1.82) is 0 Å². The maximum atomic E-state index is 13.0. The van der Waals surface area contributed by atoms with Crippen LogP contribution < -0.4 is 11.1 Å². The van der Waals surface area contributed by atoms with Crippen LogP contribution >= 0.6 is 31.9 Å². The van der Waals surface area contributed by atoms with Gasteiger partial charge in [-0.3, -0.25) is 14.6 Å². The number of rotatable bonds is 4. The Kier molecular flexibility index (Phi) is 5.90. The van der Waals surface area contributed by atoms with Crippen molar-refractivity contribution < 1.29 is 14.4 Å². The number of hydrogen-bond acceptors (Lipinski definition) is 5. The van der Waals surface area contributed by atoms with Gasteiger partial charge in [0.05, 0.1) is 17.9 Å². The molecule has 0 radical (unpaired) electrons. The Morgan fingerprint density at radius 1 is 1.12 bits per heavy atom. The number of halogens is 2. The summed E-state index contributed by atoms with van der Waals surface area (Å²) in [5.74, 6) is -0.533. The van der Waals surface area contributed by atoms with Crippen LogP contribution in [0.2, 0.25) is 0 Å². The predicted octanol–water partition coefficient (Wildman–Crippen LogP) is 4.05. The topological polar surface area (TPSA) is 109 Å². The fourth-order valence-electron chi connectivity index (χ4n) is 4.74. The molecule has 5 rings (SSSR count). The van der Waals surface area contributed by atoms with Gasteiger partial charge in [0, 0.05) is 63.4 Å². The molecule has 1 aliphatic carbocycles. The normalized spacial score (nSPS) is 22.5. The number of benzene rings is 1. The summed E-state index contributed by atoms with van der Waals surface area (Å²) in [5.41, 5.74) is 8.81. The molecule has 0 spiro atoms. The lowest BCUT2D eigenvalue weighted by Crippen LogP contribution is -2.51. The lowest BCUT2D eigenvalue weighted by atomic mass is 10.0. The molecule has 0 bridgehead atoms. The quantitative estimate of drug-likeness (QED) is 0.422. The zero-order valence-electron chi connectivity index (χ0n) is 17.8. The molecule has 2 aromatic rings. The third kappa shape index (κ3) is 4.26. The number of nitrogens with zero attached hydrogens (tertiary/aromatic N) is 3. The number of hydrogen-bond donors (Lipinski definition) is 2. The van der Waals surface area contributed by atoms with Crippen molar-refractivity contribution in [3.05, 3.63) is 50.7 Å². The number of Topliss-reactive ketones (excluding diaryl/α,β-unsaturated/α-hetero) is 1. The fraction of sp³-hybridized carbons (Fsp3) is 0.391. The minimum Gasteiger partial charge on any atom is -0.397 e. The predicted molar refractivity (Wildman–Crippen MR) is 131 cm³/mol. The van der Waals surface area contributed by atoms with Gasteiger partial charge in [0.2, 0.25) is 5.91 Å². The molecule has 2 aliphatic heterocycles. The van der Waals surface area contributed by atoms with E-state index >= 15 is 0 Å². The van der Waals surface area contributed by atoms with Crippen LogP contribution in [0.3, 0.4) is 0 Å². The number of urea groups is 1. The number of nitrogen functional groups attached to an aromatic ring is 1. The monoisotopic (exact) mass is 575 g/mol. The summed E-state index contributed by atoms with van der Waals surface area (Å²) < 4.78 is 1.32. The lowest BCUT2D eigenvalue weighted by Gasteiger charge is -2.40. The summed E-state index contributed by atoms with van der Waals surface area (Å²) in [4.78, 5) is 46.4. The van der Waals surface area contributed by atoms with E-state index in [0.717, 1.165) is 24.1 Å². The highest BCUT2D eigenvalue weighted by molar-refractivity contribution is 9.11. The zero-order valence-corrected chi connectivity index (χ0v) is 20.9. The highest BCUT2D eigenvalue weighted by Gasteiger charge is 2.50. The minimum absolute atomic E-state index is 0.0260. The van der Waals surface area contributed by atoms with Crippen LogP contribution in [0.15, 0.2) is 39.5 Å². The molecule has 2 atom stereocenters. The molecule has 1 aromatic carbocycles. The fourth-order valence-corrected chi connectivity index (χ4v) is 5.93. The SMILES string of the molecule is Nc1c(Br)cc(C(=O)C2CC2C(=O)N2CCC(N3Cc4cnccc4NC3=O)CC2)cc1Br. The summed E-state index contributed by atoms with van der Waals surface area (Å²) in [6, 6.07) is 5.20. The van der Waals surface area contributed by atoms with Crippen LogP contribution in [0.4, 0.5) is 16.2 Å². The summed E-state index contributed by atoms with van der Waals surface area (Å²) in [6.07, 6.45) is 5.47. The largest absolute Gasteiger partial charge is 0.397 e. The summed E-state index contributed by atoms with van der Waals surface area (Å²) in [5, 5.41) is 2.93. The van der Waals surface area contributed by atoms with E-state index in [1.807, 2.05) is 9.80 Å². The molecular weight excluding hydrogens is 554 g/mol. The molecule has 3 heterocycles. The molecule has 8 nitrogen and oxygen atoms in total. The number of carbonyl (C=O) groups is 3. The molecule has 1 saturated carbocycles. The third-order valence-corrected chi connectivity index (χ3v) is 8.08. The van der Waals surface area contributed by atoms with Gasteiger partial charge in [-0.05, 0) is 69.3 Å². The first-order valence-electron chi connectivity index (χ1n) is 10.9. The van der Waals surface area contributed by atoms with Crippen LogP contribution in [-0.2, 0) is 11.3 Å². The number of ketones is 1. The number of nitrogens with one attached hydrogen (secondary N) is 1. The van der Waals surface area contributed by atoms with Crippen LogP contribution in [0.25, 0.3) is 0 Å². The molecule has 3 aliphatic rings. The molecule has 1 saturated heterocycles. The number of carbonyl (C=O) groups excluding carboxylic acids is 3. The van der Waals surface area contributed by atoms with Crippen LogP contribution in [0, 0.1) is 11.8 Å². The standard InChI is InChI=1S/C23H23Br2N5O3/c24-17-7-12(8-18(25)20(17)26)21(31)15-9-16(15)22(32)29-5-2-14(3-6-29)30-11-13-10-27-4-1-19(13)28-23(30)33/h1,4,7-8,10,14-16H,2-3,5-6,9,11,26H2,(H,28,33). The third-order valence-electron chi connectivity index (χ3n) is 6.77. The Morgan fingerprint density at radius 3 is 2.52 bits per heavy atom. The zero-order chi connectivity index (χ0) is 23.3. The average molecular weight is 577 g/mol. The van der Waals surface area contributed by atoms with Gasteiger partial charge in [-0.2, -0.15) is 0 Å². The molecule has 10 heteroatoms. The van der Waals surface area contributed by atoms with Crippen molar-refractivity contribution in [3.8, 4) is 0 Å². The number of nitrogens with two attached hydrogens (primary N) is 1. The van der Waals surface area contributed by atoms with E-state index in [0.29, 0.717) is 46.3 Å². The van der Waals surface area contributed by atoms with E-state index in [9.17, 15) is 14.4 Å². The maximum Gasteiger partial charge on any atom is 0.322 e. The second kappa shape index (κ2) is 8.72. The van der Waals surface area contributed by atoms with E-state index < -0.39 is 0 Å². The lowest BCUT2D eigenvalue weighted by molar-refractivity contribution is -0.134. The summed E-state index contributed by atoms with van der Waals surface area (Å²) in [6.45, 7) is 1.70. The summed E-state index contributed by atoms with van der Waals surface area (Å²) in [7, 11) is 0. The van der Waals surface area contributed by atoms with E-state index in [1.165, 1.54) is 0 Å². The molecule has 2 fully saturated rings. The Hall–Kier alpha value is -2.46. The van der Waals surface area contributed by atoms with E-state index in [4.69, 9.17) is 5.73 Å². The van der Waals surface area contributed by atoms with E-state index in [2.05, 4.69) is 42.2 Å². The highest BCUT2D eigenvalue weighted by Crippen LogP contribution is 2.44. The summed E-state index contributed by atoms with van der Waals surface area (Å²) >= 11 is 6.75. The van der Waals surface area contributed by atoms with Gasteiger partial charge in [0.1, 0.15) is 0 Å². The molecule has 1 aromatic heterocycles. The van der Waals surface area contributed by atoms with Gasteiger partial charge in [0.15, 0.2) is 5.78 Å². The maximum absolute atomic E-state index is 13.0. The van der Waals surface area contributed by atoms with Gasteiger partial charge in [-0.25, -0.2) is 4.79 Å². The number of aromatic nitrogens is 1. The Bertz CT molecular complexity index is 1130. The smallest absolute Gasteiger partial charge is 0.322 e. The number of amides is 3. The number of piperidine rings is 1. The number of anilines is 2. The van der Waals surface area contributed by atoms with Gasteiger partial charge < -0.3 is 20.9 Å². The van der Waals surface area contributed by atoms with Crippen LogP contribution in [0.1, 0.15) is 35.2 Å². The first kappa shape index (κ1) is 22.3. The van der Waals surface area contributed by atoms with Gasteiger partial charge in [0.25, 0.3) is 0 Å².